The fraction of sp³-hybridized carbons (Fsp3) is 0.162. The molecule has 8 bridgehead atoms. The van der Waals surface area contributed by atoms with Crippen molar-refractivity contribution in [3.05, 3.63) is 134 Å². The van der Waals surface area contributed by atoms with Gasteiger partial charge in [0.05, 0.1) is 11.4 Å². The summed E-state index contributed by atoms with van der Waals surface area (Å²) in [6.07, 6.45) is 13.5. The van der Waals surface area contributed by atoms with Crippen LogP contribution in [0.2, 0.25) is 0 Å². The van der Waals surface area contributed by atoms with Crippen molar-refractivity contribution in [2.75, 3.05) is 0 Å². The molecule has 0 unspecified atom stereocenters. The van der Waals surface area contributed by atoms with Crippen LogP contribution >= 0.6 is 0 Å². The van der Waals surface area contributed by atoms with Crippen LogP contribution < -0.4 is 10.7 Å². The third-order valence-electron chi connectivity index (χ3n) is 8.56. The summed E-state index contributed by atoms with van der Waals surface area (Å²) in [7, 11) is 0. The van der Waals surface area contributed by atoms with E-state index in [2.05, 4.69) is 124 Å². The molecule has 0 amide bonds. The number of aromatic amines is 1. The van der Waals surface area contributed by atoms with Crippen LogP contribution in [-0.4, -0.2) is 10.7 Å². The Labute approximate surface area is 230 Å². The number of hydrogen-bond donors (Lipinski definition) is 1. The van der Waals surface area contributed by atoms with E-state index in [1.54, 1.807) is 0 Å². The summed E-state index contributed by atoms with van der Waals surface area (Å²) in [5, 5.41) is 2.37. The highest BCUT2D eigenvalue weighted by molar-refractivity contribution is 6.19. The normalized spacial score (nSPS) is 15.8. The van der Waals surface area contributed by atoms with Crippen molar-refractivity contribution in [1.29, 1.82) is 0 Å². The van der Waals surface area contributed by atoms with Crippen molar-refractivity contribution >= 4 is 35.1 Å². The van der Waals surface area contributed by atoms with Gasteiger partial charge in [-0.3, -0.25) is 0 Å². The van der Waals surface area contributed by atoms with Crippen LogP contribution in [0.1, 0.15) is 60.6 Å². The van der Waals surface area contributed by atoms with Gasteiger partial charge in [0.25, 0.3) is 0 Å². The first-order chi connectivity index (χ1) is 19.1. The lowest BCUT2D eigenvalue weighted by Crippen LogP contribution is -2.12. The van der Waals surface area contributed by atoms with Gasteiger partial charge in [0, 0.05) is 10.7 Å². The summed E-state index contributed by atoms with van der Waals surface area (Å²) in [5.41, 5.74) is 17.4. The molecule has 1 aromatic heterocycles. The average molecular weight is 505 g/mol. The van der Waals surface area contributed by atoms with Crippen LogP contribution in [0.3, 0.4) is 0 Å². The van der Waals surface area contributed by atoms with E-state index in [0.29, 0.717) is 0 Å². The Balaban J connectivity index is 1.60. The Bertz CT molecular complexity index is 1930. The Hall–Kier alpha value is -4.43. The highest BCUT2D eigenvalue weighted by Crippen LogP contribution is 2.40. The van der Waals surface area contributed by atoms with Crippen LogP contribution in [0, 0.1) is 6.92 Å². The Morgan fingerprint density at radius 3 is 1.97 bits per heavy atom. The number of aliphatic imine (C=N–C) groups is 1. The van der Waals surface area contributed by atoms with E-state index in [0.717, 1.165) is 24.3 Å². The molecule has 3 heterocycles. The van der Waals surface area contributed by atoms with Crippen molar-refractivity contribution in [2.45, 2.75) is 40.5 Å². The fourth-order valence-electron chi connectivity index (χ4n) is 6.50. The lowest BCUT2D eigenvalue weighted by Gasteiger charge is -2.03. The lowest BCUT2D eigenvalue weighted by molar-refractivity contribution is 1.10. The van der Waals surface area contributed by atoms with Gasteiger partial charge in [-0.15, -0.1) is 0 Å². The molecule has 0 spiro atoms. The molecule has 0 radical (unpaired) electrons. The van der Waals surface area contributed by atoms with E-state index < -0.39 is 0 Å². The van der Waals surface area contributed by atoms with Crippen LogP contribution in [-0.2, 0) is 6.42 Å². The van der Waals surface area contributed by atoms with Gasteiger partial charge in [-0.1, -0.05) is 68.4 Å². The van der Waals surface area contributed by atoms with Gasteiger partial charge in [0.15, 0.2) is 0 Å². The summed E-state index contributed by atoms with van der Waals surface area (Å²) in [6.45, 7) is 8.95. The van der Waals surface area contributed by atoms with Crippen LogP contribution in [0.15, 0.2) is 94.7 Å². The number of hydrogen-bond acceptors (Lipinski definition) is 1. The summed E-state index contributed by atoms with van der Waals surface area (Å²) >= 11 is 0. The monoisotopic (exact) mass is 504 g/mol. The highest BCUT2D eigenvalue weighted by atomic mass is 14.8. The summed E-state index contributed by atoms with van der Waals surface area (Å²) in [5.74, 6) is 0. The molecule has 39 heavy (non-hydrogen) atoms. The molecule has 1 N–H and O–H groups in total. The lowest BCUT2D eigenvalue weighted by atomic mass is 9.99. The van der Waals surface area contributed by atoms with Gasteiger partial charge < -0.3 is 4.98 Å². The largest absolute Gasteiger partial charge is 0.355 e. The summed E-state index contributed by atoms with van der Waals surface area (Å²) < 4.78 is 0. The molecule has 2 nitrogen and oxygen atoms in total. The molecular formula is C37H32N2. The minimum atomic E-state index is 0.953. The van der Waals surface area contributed by atoms with E-state index in [9.17, 15) is 0 Å². The molecule has 190 valence electrons. The fourth-order valence-corrected chi connectivity index (χ4v) is 6.50. The Morgan fingerprint density at radius 2 is 1.28 bits per heavy atom. The molecule has 7 rings (SSSR count). The maximum Gasteiger partial charge on any atom is 0.0678 e. The second-order valence-corrected chi connectivity index (χ2v) is 10.7. The number of H-pyrrole nitrogens is 1. The highest BCUT2D eigenvalue weighted by Gasteiger charge is 2.23. The topological polar surface area (TPSA) is 28.1 Å². The molecule has 0 atom stereocenters. The van der Waals surface area contributed by atoms with E-state index >= 15 is 0 Å². The average Bonchev–Trinajstić information content (AvgIpc) is 3.56. The maximum atomic E-state index is 5.22. The number of nitrogens with one attached hydrogen (secondary N) is 1. The van der Waals surface area contributed by atoms with Crippen molar-refractivity contribution in [2.24, 2.45) is 4.99 Å². The maximum absolute atomic E-state index is 5.22. The van der Waals surface area contributed by atoms with E-state index in [1.807, 2.05) is 0 Å². The molecule has 2 heteroatoms. The molecule has 2 aliphatic heterocycles. The summed E-state index contributed by atoms with van der Waals surface area (Å²) in [4.78, 5) is 9.02. The van der Waals surface area contributed by atoms with Gasteiger partial charge >= 0.3 is 0 Å². The number of benzene rings is 1. The second kappa shape index (κ2) is 9.10. The van der Waals surface area contributed by atoms with Crippen molar-refractivity contribution < 1.29 is 0 Å². The first-order valence-corrected chi connectivity index (χ1v) is 14.0. The molecule has 2 aromatic rings. The number of allylic oxidation sites excluding steroid dienone is 6. The minimum absolute atomic E-state index is 0.953. The zero-order valence-corrected chi connectivity index (χ0v) is 23.0. The van der Waals surface area contributed by atoms with Crippen LogP contribution in [0.4, 0.5) is 0 Å². The Morgan fingerprint density at radius 1 is 0.641 bits per heavy atom. The second-order valence-electron chi connectivity index (χ2n) is 10.7. The molecule has 0 saturated heterocycles. The van der Waals surface area contributed by atoms with Gasteiger partial charge in [-0.2, -0.15) is 0 Å². The van der Waals surface area contributed by atoms with Crippen LogP contribution in [0.25, 0.3) is 40.5 Å². The third kappa shape index (κ3) is 3.74. The van der Waals surface area contributed by atoms with Crippen molar-refractivity contribution in [3.63, 3.8) is 0 Å². The standard InChI is InChI=1S/C37H32N2/c1-5-28-22(3)34-18-24-16-25(33-15-11-10-14-32(24)33)19-35-23(4)29(6-2)37(39-35)21-27-17-26(20-36(28)38-34)30-12-8-7-9-13-31(27)30/h7-21,38H,5-6H2,1-4H3. The van der Waals surface area contributed by atoms with E-state index in [4.69, 9.17) is 4.99 Å². The van der Waals surface area contributed by atoms with Gasteiger partial charge in [-0.25, -0.2) is 4.99 Å². The number of fused-ring (bicyclic) bond motifs is 12. The minimum Gasteiger partial charge on any atom is -0.355 e. The molecule has 1 aromatic carbocycles. The zero-order chi connectivity index (χ0) is 26.7. The van der Waals surface area contributed by atoms with Gasteiger partial charge in [0.2, 0.25) is 0 Å². The summed E-state index contributed by atoms with van der Waals surface area (Å²) in [6, 6.07) is 21.9. The van der Waals surface area contributed by atoms with Crippen molar-refractivity contribution in [1.82, 2.24) is 4.98 Å². The predicted molar refractivity (Wildman–Crippen MR) is 166 cm³/mol. The first-order valence-electron chi connectivity index (χ1n) is 14.0. The molecule has 3 aliphatic carbocycles. The molecule has 0 fully saturated rings. The third-order valence-corrected chi connectivity index (χ3v) is 8.56. The number of rotatable bonds is 2. The van der Waals surface area contributed by atoms with Crippen molar-refractivity contribution in [3.8, 4) is 11.1 Å². The molecule has 0 saturated carbocycles. The first kappa shape index (κ1) is 23.7. The van der Waals surface area contributed by atoms with Gasteiger partial charge in [0.1, 0.15) is 0 Å². The van der Waals surface area contributed by atoms with Gasteiger partial charge in [-0.05, 0) is 130 Å². The SMILES string of the molecule is CCC1=C(C)C2=NC1=Cc1cc(c3cccccc1-3)C=c1[nH]c(c(C)c1CC)=CC1=CC(=C2)c2ccccc21. The smallest absolute Gasteiger partial charge is 0.0678 e. The van der Waals surface area contributed by atoms with E-state index in [-0.39, 0.29) is 0 Å². The van der Waals surface area contributed by atoms with E-state index in [1.165, 1.54) is 77.5 Å². The molecular weight excluding hydrogens is 472 g/mol. The zero-order valence-electron chi connectivity index (χ0n) is 23.0. The van der Waals surface area contributed by atoms with Crippen LogP contribution in [0.5, 0.6) is 0 Å². The molecule has 5 aliphatic rings. The Kier molecular flexibility index (Phi) is 5.52. The number of aromatic nitrogens is 1. The quantitative estimate of drug-likeness (QED) is 0.291. The number of nitrogens with zero attached hydrogens (tertiary/aromatic N) is 1. The predicted octanol–water partition coefficient (Wildman–Crippen LogP) is 7.62.